The molecule has 0 spiro atoms. The van der Waals surface area contributed by atoms with E-state index in [-0.39, 0.29) is 59.5 Å². The lowest BCUT2D eigenvalue weighted by molar-refractivity contribution is -0.191. The molecule has 0 bridgehead atoms. The first kappa shape index (κ1) is 123. The Balaban J connectivity index is 4.90. The maximum absolute atomic E-state index is 13.6. The summed E-state index contributed by atoms with van der Waals surface area (Å²) in [7, 11) is 8.15. The van der Waals surface area contributed by atoms with E-state index in [1.807, 2.05) is 33.3 Å². The van der Waals surface area contributed by atoms with Gasteiger partial charge in [0, 0.05) is 32.5 Å². The van der Waals surface area contributed by atoms with Gasteiger partial charge >= 0.3 is 35.8 Å². The molecule has 0 N–H and O–H groups in total. The van der Waals surface area contributed by atoms with Crippen molar-refractivity contribution in [2.24, 2.45) is 23.7 Å². The van der Waals surface area contributed by atoms with Crippen LogP contribution in [0.3, 0.4) is 0 Å². The number of unbranched alkanes of at least 4 members (excludes halogenated alkanes) is 55. The van der Waals surface area contributed by atoms with Gasteiger partial charge in [0.25, 0.3) is 0 Å². The van der Waals surface area contributed by atoms with Crippen molar-refractivity contribution in [1.82, 2.24) is 19.8 Å². The van der Waals surface area contributed by atoms with Crippen LogP contribution < -0.4 is 0 Å². The molecule has 4 atom stereocenters. The molecule has 16 heteroatoms. The van der Waals surface area contributed by atoms with E-state index in [4.69, 9.17) is 28.5 Å². The second kappa shape index (κ2) is 97.7. The fourth-order valence-corrected chi connectivity index (χ4v) is 17.8. The molecule has 746 valence electrons. The first-order valence-electron chi connectivity index (χ1n) is 55.4. The minimum Gasteiger partial charge on any atom is -0.465 e. The van der Waals surface area contributed by atoms with Crippen LogP contribution in [0.15, 0.2) is 0 Å². The molecule has 0 aromatic rings. The Morgan fingerprint density at radius 1 is 0.190 bits per heavy atom. The van der Waals surface area contributed by atoms with Crippen molar-refractivity contribution in [3.63, 3.8) is 0 Å². The second-order valence-corrected chi connectivity index (χ2v) is 39.2. The molecule has 0 aliphatic carbocycles. The molecule has 0 saturated carbocycles. The van der Waals surface area contributed by atoms with Crippen LogP contribution in [-0.4, -0.2) is 163 Å². The zero-order valence-corrected chi connectivity index (χ0v) is 85.6. The number of hydrogen-bond donors (Lipinski definition) is 0. The molecule has 0 aromatic heterocycles. The number of rotatable bonds is 103. The SMILES string of the molecule is CCCCCCCCC(CCCCCC)C(=O)OCCCCCCCCN(CCCCCCCCOC(=O)C(CCCCCCCC)CCCCCCCCCCCCC(CCCCCCCC)C(=O)OCCCCCCCCN(CCCCCCCCOC(=O)C(CCCCCC)CCCCCCCC)OC(=O)CCCN(C)C)CCOC(=O)CCCN(C)C. The lowest BCUT2D eigenvalue weighted by Crippen LogP contribution is -2.30. The highest BCUT2D eigenvalue weighted by Gasteiger charge is 2.24. The predicted octanol–water partition coefficient (Wildman–Crippen LogP) is 30.9. The van der Waals surface area contributed by atoms with Crippen LogP contribution in [0.25, 0.3) is 0 Å². The van der Waals surface area contributed by atoms with Gasteiger partial charge in [0.15, 0.2) is 0 Å². The monoisotopic (exact) mass is 1780 g/mol. The molecule has 0 radical (unpaired) electrons. The number of hydrogen-bond acceptors (Lipinski definition) is 16. The number of esters is 5. The third kappa shape index (κ3) is 86.1. The average Bonchev–Trinajstić information content (AvgIpc) is 0.956. The van der Waals surface area contributed by atoms with Crippen LogP contribution in [0.4, 0.5) is 0 Å². The van der Waals surface area contributed by atoms with E-state index < -0.39 is 0 Å². The largest absolute Gasteiger partial charge is 0.465 e. The lowest BCUT2D eigenvalue weighted by atomic mass is 9.93. The Morgan fingerprint density at radius 2 is 0.389 bits per heavy atom. The molecule has 0 amide bonds. The van der Waals surface area contributed by atoms with Crippen LogP contribution in [-0.2, 0) is 57.3 Å². The van der Waals surface area contributed by atoms with Crippen LogP contribution in [0, 0.1) is 23.7 Å². The second-order valence-electron chi connectivity index (χ2n) is 39.2. The summed E-state index contributed by atoms with van der Waals surface area (Å²) < 4.78 is 29.5. The van der Waals surface area contributed by atoms with Crippen molar-refractivity contribution in [3.05, 3.63) is 0 Å². The van der Waals surface area contributed by atoms with Gasteiger partial charge in [-0.05, 0) is 170 Å². The Hall–Kier alpha value is -3.34. The third-order valence-electron chi connectivity index (χ3n) is 26.3. The summed E-state index contributed by atoms with van der Waals surface area (Å²) in [5.74, 6) is 0.0905. The fraction of sp³-hybridized carbons (Fsp3) is 0.945. The van der Waals surface area contributed by atoms with E-state index >= 15 is 0 Å². The summed E-state index contributed by atoms with van der Waals surface area (Å²) in [6.45, 7) is 22.2. The highest BCUT2D eigenvalue weighted by Crippen LogP contribution is 2.28. The standard InChI is InChI=1S/C110H214N4O12/c1-11-17-23-29-47-63-81-101(79-61-27-21-15-5)107(117)122-96-73-57-43-39-53-69-91-113(95-100-121-105(115)87-77-89-111(7)8)92-70-54-40-44-58-74-97-124-109(119)103(83-65-49-31-25-19-13-3)85-67-51-37-35-33-34-36-38-52-68-86-104(84-66-50-32-26-20-14-4)110(120)125-99-76-60-46-42-56-72-94-114(126-106(116)88-78-90-112(9)10)93-71-55-41-45-59-75-98-123-108(118)102(80-62-28-22-16-6)82-64-48-30-24-18-12-2/h101-104H,11-100H2,1-10H3. The molecule has 0 aliphatic rings. The van der Waals surface area contributed by atoms with Crippen molar-refractivity contribution < 1.29 is 57.3 Å². The van der Waals surface area contributed by atoms with Crippen molar-refractivity contribution in [2.75, 3.05) is 107 Å². The molecule has 0 fully saturated rings. The van der Waals surface area contributed by atoms with Gasteiger partial charge in [-0.2, -0.15) is 0 Å². The Morgan fingerprint density at radius 3 is 0.627 bits per heavy atom. The van der Waals surface area contributed by atoms with Crippen molar-refractivity contribution >= 4 is 35.8 Å². The summed E-state index contributed by atoms with van der Waals surface area (Å²) in [6.07, 6.45) is 87.7. The summed E-state index contributed by atoms with van der Waals surface area (Å²) in [5.41, 5.74) is 0. The Labute approximate surface area is 781 Å². The smallest absolute Gasteiger partial charge is 0.325 e. The molecule has 4 unspecified atom stereocenters. The summed E-state index contributed by atoms with van der Waals surface area (Å²) in [6, 6.07) is 0. The quantitative estimate of drug-likeness (QED) is 0.0244. The van der Waals surface area contributed by atoms with E-state index in [1.54, 1.807) is 0 Å². The fourth-order valence-electron chi connectivity index (χ4n) is 17.8. The van der Waals surface area contributed by atoms with Crippen LogP contribution in [0.5, 0.6) is 0 Å². The van der Waals surface area contributed by atoms with E-state index in [0.717, 1.165) is 290 Å². The first-order chi connectivity index (χ1) is 61.6. The minimum absolute atomic E-state index is 0.0137. The van der Waals surface area contributed by atoms with Gasteiger partial charge in [0.1, 0.15) is 6.61 Å². The number of carbonyl (C=O) groups excluding carboxylic acids is 6. The predicted molar refractivity (Wildman–Crippen MR) is 534 cm³/mol. The van der Waals surface area contributed by atoms with Gasteiger partial charge in [0.2, 0.25) is 0 Å². The number of nitrogens with zero attached hydrogens (tertiary/aromatic N) is 4. The van der Waals surface area contributed by atoms with E-state index in [1.165, 1.54) is 244 Å². The maximum Gasteiger partial charge on any atom is 0.325 e. The van der Waals surface area contributed by atoms with E-state index in [9.17, 15) is 28.8 Å². The van der Waals surface area contributed by atoms with Crippen molar-refractivity contribution in [3.8, 4) is 0 Å². The van der Waals surface area contributed by atoms with E-state index in [2.05, 4.69) is 56.2 Å². The van der Waals surface area contributed by atoms with Crippen molar-refractivity contribution in [1.29, 1.82) is 0 Å². The topological polar surface area (TPSA) is 171 Å². The van der Waals surface area contributed by atoms with Gasteiger partial charge in [-0.25, -0.2) is 0 Å². The molecule has 0 rings (SSSR count). The van der Waals surface area contributed by atoms with Crippen LogP contribution in [0.2, 0.25) is 0 Å². The van der Waals surface area contributed by atoms with Gasteiger partial charge in [-0.3, -0.25) is 33.7 Å². The lowest BCUT2D eigenvalue weighted by Gasteiger charge is -2.22. The van der Waals surface area contributed by atoms with Gasteiger partial charge in [-0.1, -0.05) is 414 Å². The summed E-state index contributed by atoms with van der Waals surface area (Å²) in [4.78, 5) is 91.7. The van der Waals surface area contributed by atoms with E-state index in [0.29, 0.717) is 45.9 Å². The third-order valence-corrected chi connectivity index (χ3v) is 26.3. The van der Waals surface area contributed by atoms with Gasteiger partial charge < -0.3 is 38.3 Å². The summed E-state index contributed by atoms with van der Waals surface area (Å²) >= 11 is 0. The normalized spacial score (nSPS) is 12.7. The molecular formula is C110H214N4O12. The highest BCUT2D eigenvalue weighted by molar-refractivity contribution is 5.74. The van der Waals surface area contributed by atoms with Gasteiger partial charge in [-0.15, -0.1) is 5.06 Å². The molecule has 0 aliphatic heterocycles. The van der Waals surface area contributed by atoms with Crippen molar-refractivity contribution in [2.45, 2.75) is 542 Å². The molecule has 0 heterocycles. The molecule has 16 nitrogen and oxygen atoms in total. The Bertz CT molecular complexity index is 2330. The Kier molecular flexibility index (Phi) is 95.1. The molecule has 0 saturated heterocycles. The zero-order valence-electron chi connectivity index (χ0n) is 85.6. The number of ether oxygens (including phenoxy) is 5. The average molecular weight is 1780 g/mol. The first-order valence-corrected chi connectivity index (χ1v) is 55.4. The van der Waals surface area contributed by atoms with Crippen LogP contribution >= 0.6 is 0 Å². The van der Waals surface area contributed by atoms with Gasteiger partial charge in [0.05, 0.1) is 50.1 Å². The summed E-state index contributed by atoms with van der Waals surface area (Å²) in [5, 5.41) is 1.93. The number of hydroxylamine groups is 2. The van der Waals surface area contributed by atoms with Crippen LogP contribution in [0.1, 0.15) is 542 Å². The number of carbonyl (C=O) groups is 6. The highest BCUT2D eigenvalue weighted by atomic mass is 16.7. The molecule has 126 heavy (non-hydrogen) atoms. The molecule has 0 aromatic carbocycles. The minimum atomic E-state index is -0.132. The maximum atomic E-state index is 13.6. The molecular weight excluding hydrogens is 1570 g/mol. The zero-order chi connectivity index (χ0) is 92.0.